The van der Waals surface area contributed by atoms with Gasteiger partial charge in [0.25, 0.3) is 0 Å². The molecule has 2 aliphatic rings. The van der Waals surface area contributed by atoms with Crippen LogP contribution < -0.4 is 11.1 Å². The molecular formula is C21H31N3O3. The molecule has 1 saturated heterocycles. The van der Waals surface area contributed by atoms with Gasteiger partial charge in [-0.25, -0.2) is 0 Å². The van der Waals surface area contributed by atoms with E-state index in [1.807, 2.05) is 56.0 Å². The van der Waals surface area contributed by atoms with Gasteiger partial charge in [-0.05, 0) is 31.9 Å². The third-order valence-corrected chi connectivity index (χ3v) is 6.41. The van der Waals surface area contributed by atoms with Crippen LogP contribution in [0, 0.1) is 11.3 Å². The molecule has 2 fully saturated rings. The molecule has 1 aliphatic heterocycles. The second kappa shape index (κ2) is 7.60. The van der Waals surface area contributed by atoms with Gasteiger partial charge in [0.15, 0.2) is 0 Å². The number of nitrogens with one attached hydrogen (secondary N) is 1. The molecule has 1 aliphatic carbocycles. The summed E-state index contributed by atoms with van der Waals surface area (Å²) in [6.07, 6.45) is 1.90. The molecule has 27 heavy (non-hydrogen) atoms. The van der Waals surface area contributed by atoms with Crippen molar-refractivity contribution in [2.45, 2.75) is 51.7 Å². The van der Waals surface area contributed by atoms with Crippen LogP contribution in [0.1, 0.15) is 40.0 Å². The number of nitrogens with zero attached hydrogens (tertiary/aromatic N) is 1. The molecule has 148 valence electrons. The SMILES string of the molecule is CCOC1CC(N)(C(=O)N2CCC(C(=O)Nc3ccccc3)CC2)C1(C)C. The highest BCUT2D eigenvalue weighted by atomic mass is 16.5. The van der Waals surface area contributed by atoms with Crippen LogP contribution in [-0.2, 0) is 14.3 Å². The number of likely N-dealkylation sites (tertiary alicyclic amines) is 1. The van der Waals surface area contributed by atoms with E-state index in [9.17, 15) is 9.59 Å². The van der Waals surface area contributed by atoms with E-state index in [4.69, 9.17) is 10.5 Å². The summed E-state index contributed by atoms with van der Waals surface area (Å²) in [6.45, 7) is 7.74. The highest BCUT2D eigenvalue weighted by Gasteiger charge is 2.63. The molecule has 2 unspecified atom stereocenters. The largest absolute Gasteiger partial charge is 0.378 e. The molecule has 3 N–H and O–H groups in total. The maximum atomic E-state index is 13.1. The van der Waals surface area contributed by atoms with Crippen LogP contribution in [0.4, 0.5) is 5.69 Å². The maximum absolute atomic E-state index is 13.1. The van der Waals surface area contributed by atoms with Crippen LogP contribution in [0.15, 0.2) is 30.3 Å². The van der Waals surface area contributed by atoms with Crippen molar-refractivity contribution in [1.29, 1.82) is 0 Å². The van der Waals surface area contributed by atoms with Gasteiger partial charge >= 0.3 is 0 Å². The third kappa shape index (κ3) is 3.60. The molecule has 0 radical (unpaired) electrons. The third-order valence-electron chi connectivity index (χ3n) is 6.41. The molecule has 0 bridgehead atoms. The molecule has 0 aromatic heterocycles. The summed E-state index contributed by atoms with van der Waals surface area (Å²) < 4.78 is 5.73. The Bertz CT molecular complexity index is 683. The maximum Gasteiger partial charge on any atom is 0.243 e. The average Bonchev–Trinajstić information content (AvgIpc) is 2.68. The van der Waals surface area contributed by atoms with Crippen molar-refractivity contribution in [3.8, 4) is 0 Å². The van der Waals surface area contributed by atoms with E-state index < -0.39 is 5.54 Å². The number of hydrogen-bond acceptors (Lipinski definition) is 4. The van der Waals surface area contributed by atoms with Crippen molar-refractivity contribution in [3.05, 3.63) is 30.3 Å². The van der Waals surface area contributed by atoms with Gasteiger partial charge in [-0.1, -0.05) is 32.0 Å². The van der Waals surface area contributed by atoms with E-state index in [1.165, 1.54) is 0 Å². The highest BCUT2D eigenvalue weighted by molar-refractivity contribution is 5.93. The zero-order chi connectivity index (χ0) is 19.7. The second-order valence-corrected chi connectivity index (χ2v) is 8.26. The number of hydrogen-bond donors (Lipinski definition) is 2. The monoisotopic (exact) mass is 373 g/mol. The zero-order valence-electron chi connectivity index (χ0n) is 16.5. The molecule has 1 saturated carbocycles. The summed E-state index contributed by atoms with van der Waals surface area (Å²) in [7, 11) is 0. The van der Waals surface area contributed by atoms with Crippen LogP contribution in [0.25, 0.3) is 0 Å². The first kappa shape index (κ1) is 19.8. The number of benzene rings is 1. The van der Waals surface area contributed by atoms with E-state index in [0.29, 0.717) is 39.0 Å². The molecule has 6 nitrogen and oxygen atoms in total. The minimum absolute atomic E-state index is 0.00892. The van der Waals surface area contributed by atoms with Gasteiger partial charge in [0.2, 0.25) is 11.8 Å². The first-order valence-corrected chi connectivity index (χ1v) is 9.85. The Morgan fingerprint density at radius 2 is 1.85 bits per heavy atom. The lowest BCUT2D eigenvalue weighted by Gasteiger charge is -2.59. The molecule has 2 atom stereocenters. The molecular weight excluding hydrogens is 342 g/mol. The van der Waals surface area contributed by atoms with Crippen molar-refractivity contribution in [2.75, 3.05) is 25.0 Å². The predicted molar refractivity (Wildman–Crippen MR) is 105 cm³/mol. The fraction of sp³-hybridized carbons (Fsp3) is 0.619. The molecule has 1 heterocycles. The highest BCUT2D eigenvalue weighted by Crippen LogP contribution is 2.50. The Morgan fingerprint density at radius 1 is 1.22 bits per heavy atom. The van der Waals surface area contributed by atoms with Gasteiger partial charge in [0.05, 0.1) is 6.10 Å². The number of nitrogens with two attached hydrogens (primary N) is 1. The minimum atomic E-state index is -0.883. The average molecular weight is 373 g/mol. The van der Waals surface area contributed by atoms with Crippen LogP contribution >= 0.6 is 0 Å². The predicted octanol–water partition coefficient (Wildman–Crippen LogP) is 2.40. The minimum Gasteiger partial charge on any atom is -0.378 e. The molecule has 2 amide bonds. The van der Waals surface area contributed by atoms with Gasteiger partial charge in [-0.2, -0.15) is 0 Å². The van der Waals surface area contributed by atoms with Crippen LogP contribution in [0.2, 0.25) is 0 Å². The standard InChI is InChI=1S/C21H31N3O3/c1-4-27-17-14-21(22,20(17,2)3)19(26)24-12-10-15(11-13-24)18(25)23-16-8-6-5-7-9-16/h5-9,15,17H,4,10-14,22H2,1-3H3,(H,23,25). The second-order valence-electron chi connectivity index (χ2n) is 8.26. The summed E-state index contributed by atoms with van der Waals surface area (Å²) >= 11 is 0. The van der Waals surface area contributed by atoms with Crippen molar-refractivity contribution in [2.24, 2.45) is 17.1 Å². The summed E-state index contributed by atoms with van der Waals surface area (Å²) in [5.41, 5.74) is 6.06. The fourth-order valence-electron chi connectivity index (χ4n) is 4.19. The van der Waals surface area contributed by atoms with Gasteiger partial charge < -0.3 is 20.7 Å². The number of carbonyl (C=O) groups excluding carboxylic acids is 2. The Hall–Kier alpha value is -1.92. The quantitative estimate of drug-likeness (QED) is 0.830. The number of amides is 2. The van der Waals surface area contributed by atoms with E-state index >= 15 is 0 Å². The van der Waals surface area contributed by atoms with Crippen molar-refractivity contribution < 1.29 is 14.3 Å². The molecule has 0 spiro atoms. The van der Waals surface area contributed by atoms with Crippen LogP contribution in [-0.4, -0.2) is 48.1 Å². The topological polar surface area (TPSA) is 84.7 Å². The smallest absolute Gasteiger partial charge is 0.243 e. The number of anilines is 1. The van der Waals surface area contributed by atoms with E-state index in [0.717, 1.165) is 5.69 Å². The number of para-hydroxylation sites is 1. The van der Waals surface area contributed by atoms with E-state index in [1.54, 1.807) is 0 Å². The number of rotatable bonds is 5. The lowest BCUT2D eigenvalue weighted by Crippen LogP contribution is -2.76. The van der Waals surface area contributed by atoms with Gasteiger partial charge in [0.1, 0.15) is 5.54 Å². The number of ether oxygens (including phenoxy) is 1. The van der Waals surface area contributed by atoms with Crippen LogP contribution in [0.3, 0.4) is 0 Å². The van der Waals surface area contributed by atoms with Gasteiger partial charge in [-0.3, -0.25) is 9.59 Å². The van der Waals surface area contributed by atoms with E-state index in [-0.39, 0.29) is 29.3 Å². The van der Waals surface area contributed by atoms with Crippen molar-refractivity contribution in [3.63, 3.8) is 0 Å². The summed E-state index contributed by atoms with van der Waals surface area (Å²) in [4.78, 5) is 27.4. The first-order chi connectivity index (χ1) is 12.8. The first-order valence-electron chi connectivity index (χ1n) is 9.85. The van der Waals surface area contributed by atoms with E-state index in [2.05, 4.69) is 5.32 Å². The summed E-state index contributed by atoms with van der Waals surface area (Å²) in [5, 5.41) is 2.96. The Kier molecular flexibility index (Phi) is 5.58. The Balaban J connectivity index is 1.55. The Morgan fingerprint density at radius 3 is 2.41 bits per heavy atom. The molecule has 6 heteroatoms. The molecule has 1 aromatic rings. The van der Waals surface area contributed by atoms with Crippen molar-refractivity contribution >= 4 is 17.5 Å². The van der Waals surface area contributed by atoms with Crippen molar-refractivity contribution in [1.82, 2.24) is 4.90 Å². The normalized spacial score (nSPS) is 27.7. The van der Waals surface area contributed by atoms with Gasteiger partial charge in [-0.15, -0.1) is 0 Å². The fourth-order valence-corrected chi connectivity index (χ4v) is 4.19. The van der Waals surface area contributed by atoms with Crippen LogP contribution in [0.5, 0.6) is 0 Å². The summed E-state index contributed by atoms with van der Waals surface area (Å²) in [5.74, 6) is -0.0601. The zero-order valence-corrected chi connectivity index (χ0v) is 16.5. The Labute approximate surface area is 161 Å². The van der Waals surface area contributed by atoms with Gasteiger partial charge in [0, 0.05) is 43.1 Å². The number of piperidine rings is 1. The lowest BCUT2D eigenvalue weighted by atomic mass is 9.54. The number of carbonyl (C=O) groups is 2. The lowest BCUT2D eigenvalue weighted by molar-refractivity contribution is -0.180. The molecule has 1 aromatic carbocycles. The molecule has 3 rings (SSSR count). The summed E-state index contributed by atoms with van der Waals surface area (Å²) in [6, 6.07) is 9.46.